The first-order valence-corrected chi connectivity index (χ1v) is 15.1. The van der Waals surface area contributed by atoms with Gasteiger partial charge in [-0.2, -0.15) is 0 Å². The number of nitrogens with zero attached hydrogens (tertiary/aromatic N) is 2. The van der Waals surface area contributed by atoms with Crippen molar-refractivity contribution < 1.29 is 28.2 Å². The largest absolute Gasteiger partial charge is 0.490 e. The molecule has 1 atom stereocenters. The molecule has 0 radical (unpaired) electrons. The molecule has 1 amide bonds. The second kappa shape index (κ2) is 12.4. The van der Waals surface area contributed by atoms with Gasteiger partial charge in [0, 0.05) is 0 Å². The van der Waals surface area contributed by atoms with Crippen LogP contribution in [-0.2, 0) is 4.74 Å². The molecular weight excluding hydrogens is 556 g/mol. The lowest BCUT2D eigenvalue weighted by Crippen LogP contribution is -2.29. The van der Waals surface area contributed by atoms with Gasteiger partial charge in [0.2, 0.25) is 5.76 Å². The first-order chi connectivity index (χ1) is 20.3. The van der Waals surface area contributed by atoms with Gasteiger partial charge < -0.3 is 18.6 Å². The van der Waals surface area contributed by atoms with Crippen LogP contribution < -0.4 is 19.8 Å². The molecule has 1 aliphatic heterocycles. The van der Waals surface area contributed by atoms with Gasteiger partial charge in [-0.15, -0.1) is 0 Å². The Morgan fingerprint density at radius 2 is 1.81 bits per heavy atom. The predicted molar refractivity (Wildman–Crippen MR) is 161 cm³/mol. The zero-order chi connectivity index (χ0) is 30.0. The van der Waals surface area contributed by atoms with Crippen molar-refractivity contribution >= 4 is 39.3 Å². The Labute approximate surface area is 248 Å². The van der Waals surface area contributed by atoms with Gasteiger partial charge in [0.05, 0.1) is 42.5 Å². The molecule has 1 unspecified atom stereocenters. The van der Waals surface area contributed by atoms with E-state index < -0.39 is 17.9 Å². The maximum absolute atomic E-state index is 14.0. The maximum Gasteiger partial charge on any atom is 0.350 e. The molecule has 2 aromatic carbocycles. The zero-order valence-electron chi connectivity index (χ0n) is 24.4. The molecule has 0 N–H and O–H groups in total. The maximum atomic E-state index is 14.0. The number of thiazole rings is 1. The van der Waals surface area contributed by atoms with Crippen molar-refractivity contribution in [3.63, 3.8) is 0 Å². The van der Waals surface area contributed by atoms with E-state index in [2.05, 4.69) is 11.9 Å². The van der Waals surface area contributed by atoms with Crippen molar-refractivity contribution in [2.75, 3.05) is 24.7 Å². The average Bonchev–Trinajstić information content (AvgIpc) is 3.49. The van der Waals surface area contributed by atoms with E-state index in [1.807, 2.05) is 26.0 Å². The van der Waals surface area contributed by atoms with E-state index in [0.29, 0.717) is 51.8 Å². The van der Waals surface area contributed by atoms with Gasteiger partial charge in [-0.05, 0) is 63.9 Å². The van der Waals surface area contributed by atoms with Crippen LogP contribution in [0.5, 0.6) is 11.5 Å². The number of fused-ring (bicyclic) bond motifs is 2. The number of benzene rings is 2. The van der Waals surface area contributed by atoms with Crippen molar-refractivity contribution in [1.82, 2.24) is 4.98 Å². The van der Waals surface area contributed by atoms with Crippen molar-refractivity contribution in [3.8, 4) is 11.5 Å². The van der Waals surface area contributed by atoms with Gasteiger partial charge in [0.25, 0.3) is 5.91 Å². The normalized spacial score (nSPS) is 14.4. The second-order valence-electron chi connectivity index (χ2n) is 10.1. The van der Waals surface area contributed by atoms with E-state index in [9.17, 15) is 14.4 Å². The number of aromatic nitrogens is 1. The van der Waals surface area contributed by atoms with Gasteiger partial charge in [-0.1, -0.05) is 48.8 Å². The average molecular weight is 591 g/mol. The summed E-state index contributed by atoms with van der Waals surface area (Å²) in [5.41, 5.74) is 2.19. The zero-order valence-corrected chi connectivity index (χ0v) is 25.3. The third-order valence-electron chi connectivity index (χ3n) is 7.07. The molecule has 0 bridgehead atoms. The number of ether oxygens (including phenoxy) is 3. The molecule has 10 heteroatoms. The number of esters is 1. The Morgan fingerprint density at radius 1 is 1.00 bits per heavy atom. The number of unbranched alkanes of at least 4 members (excludes halogenated alkanes) is 2. The van der Waals surface area contributed by atoms with Crippen LogP contribution in [0.25, 0.3) is 11.0 Å². The summed E-state index contributed by atoms with van der Waals surface area (Å²) in [5.74, 6) is 0.0129. The molecule has 0 spiro atoms. The summed E-state index contributed by atoms with van der Waals surface area (Å²) in [6.45, 7) is 10.5. The summed E-state index contributed by atoms with van der Waals surface area (Å²) < 4.78 is 23.3. The third kappa shape index (κ3) is 5.38. The summed E-state index contributed by atoms with van der Waals surface area (Å²) in [4.78, 5) is 47.0. The molecule has 4 aromatic rings. The number of aryl methyl sites for hydroxylation is 2. The second-order valence-corrected chi connectivity index (χ2v) is 11.1. The monoisotopic (exact) mass is 590 g/mol. The van der Waals surface area contributed by atoms with E-state index >= 15 is 0 Å². The lowest BCUT2D eigenvalue weighted by Gasteiger charge is -2.23. The van der Waals surface area contributed by atoms with Crippen LogP contribution >= 0.6 is 11.3 Å². The number of hydrogen-bond donors (Lipinski definition) is 0. The van der Waals surface area contributed by atoms with E-state index in [0.717, 1.165) is 36.2 Å². The van der Waals surface area contributed by atoms with E-state index in [4.69, 9.17) is 18.6 Å². The van der Waals surface area contributed by atoms with Gasteiger partial charge in [0.15, 0.2) is 22.1 Å². The Kier molecular flexibility index (Phi) is 8.63. The molecule has 0 saturated heterocycles. The van der Waals surface area contributed by atoms with Gasteiger partial charge in [-0.3, -0.25) is 14.5 Å². The number of anilines is 1. The number of rotatable bonds is 11. The van der Waals surface area contributed by atoms with E-state index in [1.54, 1.807) is 38.1 Å². The van der Waals surface area contributed by atoms with Crippen LogP contribution in [-0.4, -0.2) is 36.7 Å². The molecule has 0 aliphatic carbocycles. The van der Waals surface area contributed by atoms with Gasteiger partial charge in [-0.25, -0.2) is 9.78 Å². The lowest BCUT2D eigenvalue weighted by atomic mass is 9.98. The van der Waals surface area contributed by atoms with Crippen molar-refractivity contribution in [2.45, 2.75) is 59.9 Å². The fourth-order valence-electron chi connectivity index (χ4n) is 5.09. The van der Waals surface area contributed by atoms with Crippen molar-refractivity contribution in [2.24, 2.45) is 0 Å². The van der Waals surface area contributed by atoms with Crippen LogP contribution in [0, 0.1) is 13.8 Å². The molecule has 1 aliphatic rings. The summed E-state index contributed by atoms with van der Waals surface area (Å²) in [7, 11) is 0. The number of carbonyl (C=O) groups excluding carboxylic acids is 2. The standard InChI is InChI=1S/C32H34N2O7S/c1-6-9-10-15-40-23-14-12-20(17-24(23)38-7-2)26-25-27(35)21-16-18(4)11-13-22(21)41-28(25)30(36)34(26)32-33-19(5)29(42-32)31(37)39-8-3/h11-14,16-17,26H,6-10,15H2,1-5H3. The lowest BCUT2D eigenvalue weighted by molar-refractivity contribution is 0.0531. The van der Waals surface area contributed by atoms with Gasteiger partial charge in [0.1, 0.15) is 10.5 Å². The highest BCUT2D eigenvalue weighted by molar-refractivity contribution is 7.17. The minimum atomic E-state index is -0.873. The third-order valence-corrected chi connectivity index (χ3v) is 8.20. The van der Waals surface area contributed by atoms with Crippen molar-refractivity contribution in [1.29, 1.82) is 0 Å². The fourth-order valence-corrected chi connectivity index (χ4v) is 6.07. The molecule has 5 rings (SSSR count). The van der Waals surface area contributed by atoms with Crippen LogP contribution in [0.1, 0.15) is 88.7 Å². The Bertz CT molecular complexity index is 1710. The molecule has 3 heterocycles. The first-order valence-electron chi connectivity index (χ1n) is 14.2. The van der Waals surface area contributed by atoms with Crippen LogP contribution in [0.2, 0.25) is 0 Å². The summed E-state index contributed by atoms with van der Waals surface area (Å²) >= 11 is 1.04. The Hall–Kier alpha value is -4.18. The minimum Gasteiger partial charge on any atom is -0.490 e. The molecule has 42 heavy (non-hydrogen) atoms. The number of amides is 1. The van der Waals surface area contributed by atoms with Crippen LogP contribution in [0.15, 0.2) is 45.6 Å². The van der Waals surface area contributed by atoms with Crippen LogP contribution in [0.3, 0.4) is 0 Å². The molecule has 2 aromatic heterocycles. The molecular formula is C32H34N2O7S. The number of carbonyl (C=O) groups is 2. The highest BCUT2D eigenvalue weighted by Gasteiger charge is 2.45. The van der Waals surface area contributed by atoms with Crippen molar-refractivity contribution in [3.05, 3.63) is 79.6 Å². The van der Waals surface area contributed by atoms with E-state index in [-0.39, 0.29) is 28.5 Å². The summed E-state index contributed by atoms with van der Waals surface area (Å²) in [6.07, 6.45) is 3.06. The Balaban J connectivity index is 1.68. The Morgan fingerprint density at radius 3 is 2.55 bits per heavy atom. The van der Waals surface area contributed by atoms with Crippen LogP contribution in [0.4, 0.5) is 5.13 Å². The predicted octanol–water partition coefficient (Wildman–Crippen LogP) is 6.76. The first kappa shape index (κ1) is 29.3. The quantitative estimate of drug-likeness (QED) is 0.139. The highest BCUT2D eigenvalue weighted by Crippen LogP contribution is 2.45. The molecule has 220 valence electrons. The topological polar surface area (TPSA) is 108 Å². The molecule has 0 fully saturated rings. The minimum absolute atomic E-state index is 0.0512. The summed E-state index contributed by atoms with van der Waals surface area (Å²) in [5, 5.41) is 0.645. The SMILES string of the molecule is CCCCCOc1ccc(C2c3c(oc4ccc(C)cc4c3=O)C(=O)N2c2nc(C)c(C(=O)OCC)s2)cc1OCC. The molecule has 0 saturated carbocycles. The van der Waals surface area contributed by atoms with E-state index in [1.165, 1.54) is 4.90 Å². The highest BCUT2D eigenvalue weighted by atomic mass is 32.1. The molecule has 9 nitrogen and oxygen atoms in total. The fraction of sp³-hybridized carbons (Fsp3) is 0.375. The summed E-state index contributed by atoms with van der Waals surface area (Å²) in [6, 6.07) is 9.84. The van der Waals surface area contributed by atoms with Gasteiger partial charge >= 0.3 is 5.97 Å². The number of hydrogen-bond acceptors (Lipinski definition) is 9. The smallest absolute Gasteiger partial charge is 0.350 e.